The number of aromatic nitrogens is 2. The van der Waals surface area contributed by atoms with Crippen LogP contribution in [-0.4, -0.2) is 22.2 Å². The van der Waals surface area contributed by atoms with Gasteiger partial charge in [-0.2, -0.15) is 5.10 Å². The normalized spacial score (nSPS) is 12.0. The quantitative estimate of drug-likeness (QED) is 0.539. The summed E-state index contributed by atoms with van der Waals surface area (Å²) in [6, 6.07) is 28.3. The van der Waals surface area contributed by atoms with Gasteiger partial charge in [-0.15, -0.1) is 0 Å². The van der Waals surface area contributed by atoms with Crippen molar-refractivity contribution in [2.45, 2.75) is 19.4 Å². The van der Waals surface area contributed by atoms with E-state index < -0.39 is 0 Å². The highest BCUT2D eigenvalue weighted by atomic mass is 16.2. The fourth-order valence-electron chi connectivity index (χ4n) is 3.42. The van der Waals surface area contributed by atoms with E-state index in [1.807, 2.05) is 66.7 Å². The number of amides is 1. The second-order valence-electron chi connectivity index (χ2n) is 7.01. The van der Waals surface area contributed by atoms with Gasteiger partial charge in [-0.25, -0.2) is 0 Å². The van der Waals surface area contributed by atoms with E-state index in [9.17, 15) is 4.79 Å². The highest BCUT2D eigenvalue weighted by Crippen LogP contribution is 2.27. The third-order valence-electron chi connectivity index (χ3n) is 4.97. The molecule has 0 bridgehead atoms. The van der Waals surface area contributed by atoms with Crippen LogP contribution in [0.1, 0.15) is 18.4 Å². The molecule has 1 unspecified atom stereocenters. The van der Waals surface area contributed by atoms with Crippen LogP contribution in [0.5, 0.6) is 0 Å². The van der Waals surface area contributed by atoms with Crippen LogP contribution in [0.4, 0.5) is 0 Å². The van der Waals surface area contributed by atoms with Crippen LogP contribution in [0.15, 0.2) is 84.9 Å². The maximum absolute atomic E-state index is 12.6. The molecule has 0 radical (unpaired) electrons. The van der Waals surface area contributed by atoms with Gasteiger partial charge in [0.25, 0.3) is 0 Å². The minimum atomic E-state index is -0.0318. The topological polar surface area (TPSA) is 46.9 Å². The number of rotatable bonds is 6. The van der Waals surface area contributed by atoms with E-state index in [2.05, 4.69) is 30.4 Å². The van der Waals surface area contributed by atoms with Crippen molar-refractivity contribution < 1.29 is 4.79 Å². The Morgan fingerprint density at radius 2 is 1.57 bits per heavy atom. The lowest BCUT2D eigenvalue weighted by Gasteiger charge is -2.13. The second-order valence-corrected chi connectivity index (χ2v) is 7.01. The molecule has 0 saturated heterocycles. The largest absolute Gasteiger partial charge is 0.354 e. The zero-order valence-electron chi connectivity index (χ0n) is 15.9. The van der Waals surface area contributed by atoms with Crippen molar-refractivity contribution in [2.75, 3.05) is 6.54 Å². The van der Waals surface area contributed by atoms with E-state index in [4.69, 9.17) is 5.10 Å². The van der Waals surface area contributed by atoms with E-state index in [0.29, 0.717) is 6.54 Å². The number of fused-ring (bicyclic) bond motifs is 1. The molecule has 3 aromatic carbocycles. The van der Waals surface area contributed by atoms with Gasteiger partial charge in [0.1, 0.15) is 12.2 Å². The average molecular weight is 369 g/mol. The molecular weight excluding hydrogens is 346 g/mol. The van der Waals surface area contributed by atoms with Crippen LogP contribution in [-0.2, 0) is 11.3 Å². The Kier molecular flexibility index (Phi) is 5.20. The van der Waals surface area contributed by atoms with Crippen molar-refractivity contribution in [3.63, 3.8) is 0 Å². The standard InChI is InChI=1S/C24H23N3O/c1-18(19-10-4-2-5-11-19)16-25-23(28)17-27-22-15-9-8-14-21(22)24(26-27)20-12-6-3-7-13-20/h2-15,18H,16-17H2,1H3,(H,25,28). The Bertz CT molecular complexity index is 1070. The zero-order valence-corrected chi connectivity index (χ0v) is 15.9. The van der Waals surface area contributed by atoms with Gasteiger partial charge in [-0.05, 0) is 17.5 Å². The summed E-state index contributed by atoms with van der Waals surface area (Å²) in [7, 11) is 0. The maximum atomic E-state index is 12.6. The molecular formula is C24H23N3O. The van der Waals surface area contributed by atoms with E-state index >= 15 is 0 Å². The Morgan fingerprint density at radius 3 is 2.32 bits per heavy atom. The molecule has 4 nitrogen and oxygen atoms in total. The Balaban J connectivity index is 1.51. The molecule has 0 spiro atoms. The minimum absolute atomic E-state index is 0.0318. The number of nitrogens with one attached hydrogen (secondary N) is 1. The van der Waals surface area contributed by atoms with Crippen LogP contribution < -0.4 is 5.32 Å². The van der Waals surface area contributed by atoms with Gasteiger partial charge in [0.2, 0.25) is 5.91 Å². The van der Waals surface area contributed by atoms with Crippen LogP contribution >= 0.6 is 0 Å². The average Bonchev–Trinajstić information content (AvgIpc) is 3.12. The van der Waals surface area contributed by atoms with Crippen molar-refractivity contribution in [1.29, 1.82) is 0 Å². The third-order valence-corrected chi connectivity index (χ3v) is 4.97. The van der Waals surface area contributed by atoms with Gasteiger partial charge in [-0.3, -0.25) is 9.48 Å². The van der Waals surface area contributed by atoms with Gasteiger partial charge in [0.05, 0.1) is 5.52 Å². The molecule has 1 amide bonds. The molecule has 0 aliphatic rings. The summed E-state index contributed by atoms with van der Waals surface area (Å²) in [6.07, 6.45) is 0. The smallest absolute Gasteiger partial charge is 0.241 e. The number of hydrogen-bond donors (Lipinski definition) is 1. The second kappa shape index (κ2) is 8.09. The molecule has 0 fully saturated rings. The molecule has 4 rings (SSSR count). The fraction of sp³-hybridized carbons (Fsp3) is 0.167. The first-order valence-electron chi connectivity index (χ1n) is 9.55. The molecule has 4 heteroatoms. The highest BCUT2D eigenvalue weighted by Gasteiger charge is 2.14. The molecule has 1 aromatic heterocycles. The van der Waals surface area contributed by atoms with Gasteiger partial charge in [-0.1, -0.05) is 85.8 Å². The van der Waals surface area contributed by atoms with E-state index in [1.54, 1.807) is 4.68 Å². The Hall–Kier alpha value is -3.40. The van der Waals surface area contributed by atoms with Crippen LogP contribution in [0.2, 0.25) is 0 Å². The molecule has 0 saturated carbocycles. The SMILES string of the molecule is CC(CNC(=O)Cn1nc(-c2ccccc2)c2ccccc21)c1ccccc1. The first kappa shape index (κ1) is 18.0. The predicted molar refractivity (Wildman–Crippen MR) is 113 cm³/mol. The number of carbonyl (C=O) groups is 1. The molecule has 1 atom stereocenters. The zero-order chi connectivity index (χ0) is 19.3. The van der Waals surface area contributed by atoms with Gasteiger partial charge < -0.3 is 5.32 Å². The van der Waals surface area contributed by atoms with E-state index in [-0.39, 0.29) is 18.4 Å². The van der Waals surface area contributed by atoms with Gasteiger partial charge >= 0.3 is 0 Å². The lowest BCUT2D eigenvalue weighted by molar-refractivity contribution is -0.121. The minimum Gasteiger partial charge on any atom is -0.354 e. The van der Waals surface area contributed by atoms with Gasteiger partial charge in [0, 0.05) is 17.5 Å². The summed E-state index contributed by atoms with van der Waals surface area (Å²) in [4.78, 5) is 12.6. The maximum Gasteiger partial charge on any atom is 0.241 e. The van der Waals surface area contributed by atoms with Crippen molar-refractivity contribution in [3.8, 4) is 11.3 Å². The third kappa shape index (κ3) is 3.81. The lowest BCUT2D eigenvalue weighted by Crippen LogP contribution is -2.31. The monoisotopic (exact) mass is 369 g/mol. The van der Waals surface area contributed by atoms with Gasteiger partial charge in [0.15, 0.2) is 0 Å². The summed E-state index contributed by atoms with van der Waals surface area (Å²) in [5, 5.41) is 8.84. The summed E-state index contributed by atoms with van der Waals surface area (Å²) in [5.74, 6) is 0.232. The Morgan fingerprint density at radius 1 is 0.929 bits per heavy atom. The lowest BCUT2D eigenvalue weighted by atomic mass is 10.0. The van der Waals surface area contributed by atoms with E-state index in [0.717, 1.165) is 22.2 Å². The molecule has 1 heterocycles. The van der Waals surface area contributed by atoms with Crippen molar-refractivity contribution in [1.82, 2.24) is 15.1 Å². The summed E-state index contributed by atoms with van der Waals surface area (Å²) in [6.45, 7) is 2.93. The van der Waals surface area contributed by atoms with Crippen LogP contribution in [0.25, 0.3) is 22.2 Å². The van der Waals surface area contributed by atoms with Crippen LogP contribution in [0.3, 0.4) is 0 Å². The summed E-state index contributed by atoms with van der Waals surface area (Å²) in [5.41, 5.74) is 4.14. The molecule has 0 aliphatic carbocycles. The highest BCUT2D eigenvalue weighted by molar-refractivity contribution is 5.94. The first-order chi connectivity index (χ1) is 13.7. The number of para-hydroxylation sites is 1. The molecule has 0 aliphatic heterocycles. The molecule has 1 N–H and O–H groups in total. The number of carbonyl (C=O) groups excluding carboxylic acids is 1. The predicted octanol–water partition coefficient (Wildman–Crippen LogP) is 4.62. The van der Waals surface area contributed by atoms with Crippen molar-refractivity contribution in [3.05, 3.63) is 90.5 Å². The summed E-state index contributed by atoms with van der Waals surface area (Å²) >= 11 is 0. The molecule has 28 heavy (non-hydrogen) atoms. The fourth-order valence-corrected chi connectivity index (χ4v) is 3.42. The first-order valence-corrected chi connectivity index (χ1v) is 9.55. The van der Waals surface area contributed by atoms with Crippen molar-refractivity contribution >= 4 is 16.8 Å². The number of nitrogens with zero attached hydrogens (tertiary/aromatic N) is 2. The summed E-state index contributed by atoms with van der Waals surface area (Å²) < 4.78 is 1.79. The van der Waals surface area contributed by atoms with Crippen LogP contribution in [0, 0.1) is 0 Å². The number of hydrogen-bond acceptors (Lipinski definition) is 2. The van der Waals surface area contributed by atoms with E-state index in [1.165, 1.54) is 5.56 Å². The molecule has 140 valence electrons. The van der Waals surface area contributed by atoms with Crippen molar-refractivity contribution in [2.24, 2.45) is 0 Å². The molecule has 4 aromatic rings. The Labute approximate surface area is 164 Å². The number of benzene rings is 3.